The first-order valence-electron chi connectivity index (χ1n) is 8.45. The van der Waals surface area contributed by atoms with E-state index in [1.54, 1.807) is 12.3 Å². The zero-order valence-corrected chi connectivity index (χ0v) is 15.4. The van der Waals surface area contributed by atoms with Crippen molar-refractivity contribution in [2.75, 3.05) is 11.9 Å². The summed E-state index contributed by atoms with van der Waals surface area (Å²) in [6, 6.07) is 11.8. The lowest BCUT2D eigenvalue weighted by Gasteiger charge is -2.40. The Morgan fingerprint density at radius 3 is 2.69 bits per heavy atom. The van der Waals surface area contributed by atoms with E-state index < -0.39 is 11.7 Å². The predicted molar refractivity (Wildman–Crippen MR) is 104 cm³/mol. The molecule has 0 spiro atoms. The highest BCUT2D eigenvalue weighted by Gasteiger charge is 2.28. The molecule has 1 N–H and O–H groups in total. The van der Waals surface area contributed by atoms with Crippen molar-refractivity contribution in [1.29, 1.82) is 0 Å². The summed E-state index contributed by atoms with van der Waals surface area (Å²) in [6.07, 6.45) is 3.79. The third kappa shape index (κ3) is 3.38. The van der Waals surface area contributed by atoms with Gasteiger partial charge in [-0.25, -0.2) is 9.82 Å². The van der Waals surface area contributed by atoms with E-state index in [4.69, 9.17) is 0 Å². The van der Waals surface area contributed by atoms with Crippen LogP contribution >= 0.6 is 0 Å². The van der Waals surface area contributed by atoms with Gasteiger partial charge in [0.2, 0.25) is 0 Å². The highest BCUT2D eigenvalue weighted by atomic mass is 19.1. The standard InChI is InChI=1S/C21H22FN3O/c1-14-12-21(2,3)25(4)19-10-9-15(11-17(14)19)13-23-24-20(26)16-7-5-6-8-18(16)22/h5-13H,1-4H3,(H,24,26)/b23-13+. The number of hydrazone groups is 1. The van der Waals surface area contributed by atoms with Crippen molar-refractivity contribution >= 4 is 23.4 Å². The van der Waals surface area contributed by atoms with Crippen molar-refractivity contribution in [2.24, 2.45) is 5.10 Å². The van der Waals surface area contributed by atoms with Crippen LogP contribution in [0.1, 0.15) is 42.3 Å². The molecule has 0 saturated heterocycles. The summed E-state index contributed by atoms with van der Waals surface area (Å²) in [5, 5.41) is 3.96. The fourth-order valence-corrected chi connectivity index (χ4v) is 3.13. The number of anilines is 1. The zero-order chi connectivity index (χ0) is 18.9. The van der Waals surface area contributed by atoms with Crippen LogP contribution in [0.2, 0.25) is 0 Å². The molecule has 0 radical (unpaired) electrons. The van der Waals surface area contributed by atoms with Gasteiger partial charge in [-0.3, -0.25) is 4.79 Å². The van der Waals surface area contributed by atoms with Crippen LogP contribution in [0.3, 0.4) is 0 Å². The summed E-state index contributed by atoms with van der Waals surface area (Å²) in [5.74, 6) is -1.14. The average molecular weight is 351 g/mol. The number of nitrogens with zero attached hydrogens (tertiary/aromatic N) is 2. The van der Waals surface area contributed by atoms with Crippen LogP contribution in [0, 0.1) is 5.82 Å². The third-order valence-electron chi connectivity index (χ3n) is 4.74. The Kier molecular flexibility index (Phi) is 4.64. The maximum absolute atomic E-state index is 13.6. The lowest BCUT2D eigenvalue weighted by molar-refractivity contribution is 0.0951. The van der Waals surface area contributed by atoms with Gasteiger partial charge in [-0.2, -0.15) is 5.10 Å². The van der Waals surface area contributed by atoms with Crippen LogP contribution < -0.4 is 10.3 Å². The van der Waals surface area contributed by atoms with Gasteiger partial charge in [-0.05, 0) is 56.2 Å². The normalized spacial score (nSPS) is 15.6. The number of benzene rings is 2. The Balaban J connectivity index is 1.78. The minimum atomic E-state index is -0.574. The summed E-state index contributed by atoms with van der Waals surface area (Å²) in [4.78, 5) is 14.2. The number of halogens is 1. The lowest BCUT2D eigenvalue weighted by Crippen LogP contribution is -2.42. The molecule has 0 unspecified atom stereocenters. The van der Waals surface area contributed by atoms with Crippen molar-refractivity contribution in [2.45, 2.75) is 26.3 Å². The SMILES string of the molecule is CC1=CC(C)(C)N(C)c2ccc(/C=N/NC(=O)c3ccccc3F)cc21. The summed E-state index contributed by atoms with van der Waals surface area (Å²) in [5.41, 5.74) is 6.65. The van der Waals surface area contributed by atoms with Gasteiger partial charge in [-0.1, -0.05) is 24.3 Å². The quantitative estimate of drug-likeness (QED) is 0.665. The molecule has 1 aliphatic heterocycles. The fraction of sp³-hybridized carbons (Fsp3) is 0.238. The maximum Gasteiger partial charge on any atom is 0.274 e. The predicted octanol–water partition coefficient (Wildman–Crippen LogP) is 4.22. The van der Waals surface area contributed by atoms with Crippen LogP contribution in [-0.2, 0) is 0 Å². The molecule has 134 valence electrons. The number of amides is 1. The smallest absolute Gasteiger partial charge is 0.274 e. The van der Waals surface area contributed by atoms with Crippen molar-refractivity contribution in [3.63, 3.8) is 0 Å². The van der Waals surface area contributed by atoms with E-state index in [1.807, 2.05) is 18.2 Å². The molecule has 0 saturated carbocycles. The number of hydrogen-bond donors (Lipinski definition) is 1. The van der Waals surface area contributed by atoms with Gasteiger partial charge >= 0.3 is 0 Å². The van der Waals surface area contributed by atoms with Crippen molar-refractivity contribution < 1.29 is 9.18 Å². The number of carbonyl (C=O) groups excluding carboxylic acids is 1. The van der Waals surface area contributed by atoms with E-state index in [0.717, 1.165) is 16.8 Å². The Bertz CT molecular complexity index is 915. The number of rotatable bonds is 3. The largest absolute Gasteiger partial charge is 0.366 e. The highest BCUT2D eigenvalue weighted by Crippen LogP contribution is 2.37. The monoisotopic (exact) mass is 351 g/mol. The molecule has 3 rings (SSSR count). The lowest BCUT2D eigenvalue weighted by atomic mass is 9.89. The second kappa shape index (κ2) is 6.75. The molecule has 0 aromatic heterocycles. The fourth-order valence-electron chi connectivity index (χ4n) is 3.13. The molecule has 0 fully saturated rings. The second-order valence-electron chi connectivity index (χ2n) is 7.00. The van der Waals surface area contributed by atoms with E-state index in [-0.39, 0.29) is 11.1 Å². The molecule has 5 heteroatoms. The van der Waals surface area contributed by atoms with Crippen LogP contribution in [0.15, 0.2) is 53.6 Å². The average Bonchev–Trinajstić information content (AvgIpc) is 2.60. The first-order valence-corrected chi connectivity index (χ1v) is 8.45. The molecule has 4 nitrogen and oxygen atoms in total. The van der Waals surface area contributed by atoms with Crippen molar-refractivity contribution in [3.05, 3.63) is 71.0 Å². The van der Waals surface area contributed by atoms with Gasteiger partial charge in [-0.15, -0.1) is 0 Å². The number of allylic oxidation sites excluding steroid dienone is 1. The van der Waals surface area contributed by atoms with Gasteiger partial charge in [0.25, 0.3) is 5.91 Å². The Morgan fingerprint density at radius 1 is 1.23 bits per heavy atom. The Labute approximate surface area is 153 Å². The molecule has 2 aromatic carbocycles. The topological polar surface area (TPSA) is 44.7 Å². The van der Waals surface area contributed by atoms with E-state index in [1.165, 1.54) is 23.8 Å². The minimum absolute atomic E-state index is 0.0299. The summed E-state index contributed by atoms with van der Waals surface area (Å²) >= 11 is 0. The minimum Gasteiger partial charge on any atom is -0.366 e. The molecule has 1 heterocycles. The van der Waals surface area contributed by atoms with Crippen molar-refractivity contribution in [3.8, 4) is 0 Å². The van der Waals surface area contributed by atoms with Gasteiger partial charge in [0.05, 0.1) is 17.3 Å². The van der Waals surface area contributed by atoms with Gasteiger partial charge < -0.3 is 4.90 Å². The van der Waals surface area contributed by atoms with Crippen LogP contribution in [-0.4, -0.2) is 24.7 Å². The molecular weight excluding hydrogens is 329 g/mol. The van der Waals surface area contributed by atoms with E-state index in [0.29, 0.717) is 0 Å². The number of likely N-dealkylation sites (N-methyl/N-ethyl adjacent to an activating group) is 1. The number of carbonyl (C=O) groups is 1. The molecule has 0 aliphatic carbocycles. The molecule has 0 bridgehead atoms. The number of nitrogens with one attached hydrogen (secondary N) is 1. The molecular formula is C21H22FN3O. The highest BCUT2D eigenvalue weighted by molar-refractivity contribution is 5.95. The number of hydrogen-bond acceptors (Lipinski definition) is 3. The second-order valence-corrected chi connectivity index (χ2v) is 7.00. The Hall–Kier alpha value is -2.95. The van der Waals surface area contributed by atoms with E-state index in [2.05, 4.69) is 49.3 Å². The molecule has 2 aromatic rings. The maximum atomic E-state index is 13.6. The van der Waals surface area contributed by atoms with Gasteiger partial charge in [0, 0.05) is 18.3 Å². The zero-order valence-electron chi connectivity index (χ0n) is 15.4. The summed E-state index contributed by atoms with van der Waals surface area (Å²) in [7, 11) is 2.07. The third-order valence-corrected chi connectivity index (χ3v) is 4.74. The first kappa shape index (κ1) is 17.9. The van der Waals surface area contributed by atoms with E-state index >= 15 is 0 Å². The van der Waals surface area contributed by atoms with Gasteiger partial charge in [0.1, 0.15) is 5.82 Å². The van der Waals surface area contributed by atoms with Gasteiger partial charge in [0.15, 0.2) is 0 Å². The number of fused-ring (bicyclic) bond motifs is 1. The molecule has 1 amide bonds. The summed E-state index contributed by atoms with van der Waals surface area (Å²) < 4.78 is 13.6. The molecule has 0 atom stereocenters. The van der Waals surface area contributed by atoms with Crippen LogP contribution in [0.5, 0.6) is 0 Å². The molecule has 1 aliphatic rings. The van der Waals surface area contributed by atoms with Crippen LogP contribution in [0.4, 0.5) is 10.1 Å². The van der Waals surface area contributed by atoms with E-state index in [9.17, 15) is 9.18 Å². The summed E-state index contributed by atoms with van der Waals surface area (Å²) in [6.45, 7) is 6.44. The first-order chi connectivity index (χ1) is 12.3. The van der Waals surface area contributed by atoms with Crippen LogP contribution in [0.25, 0.3) is 5.57 Å². The molecule has 26 heavy (non-hydrogen) atoms. The Morgan fingerprint density at radius 2 is 1.96 bits per heavy atom. The van der Waals surface area contributed by atoms with Crippen molar-refractivity contribution in [1.82, 2.24) is 5.43 Å².